The minimum absolute atomic E-state index is 0.0289. The molecule has 1 fully saturated rings. The molecule has 3 rings (SSSR count). The molecule has 2 amide bonds. The van der Waals surface area contributed by atoms with E-state index in [1.165, 1.54) is 0 Å². The number of carbonyl (C=O) groups excluding carboxylic acids is 2. The van der Waals surface area contributed by atoms with E-state index in [4.69, 9.17) is 4.42 Å². The summed E-state index contributed by atoms with van der Waals surface area (Å²) in [6, 6.07) is 7.17. The van der Waals surface area contributed by atoms with Gasteiger partial charge in [0.15, 0.2) is 0 Å². The molecule has 2 atom stereocenters. The third-order valence-corrected chi connectivity index (χ3v) is 5.15. The lowest BCUT2D eigenvalue weighted by Gasteiger charge is -2.26. The predicted molar refractivity (Wildman–Crippen MR) is 101 cm³/mol. The average molecular weight is 357 g/mol. The first kappa shape index (κ1) is 18.5. The number of carbonyl (C=O) groups is 2. The van der Waals surface area contributed by atoms with Crippen molar-refractivity contribution in [1.29, 1.82) is 0 Å². The number of rotatable bonds is 5. The van der Waals surface area contributed by atoms with Gasteiger partial charge >= 0.3 is 0 Å². The first-order valence-electron chi connectivity index (χ1n) is 9.23. The van der Waals surface area contributed by atoms with E-state index < -0.39 is 0 Å². The summed E-state index contributed by atoms with van der Waals surface area (Å²) < 4.78 is 5.55. The molecule has 0 saturated carbocycles. The van der Waals surface area contributed by atoms with Gasteiger partial charge in [-0.2, -0.15) is 0 Å². The summed E-state index contributed by atoms with van der Waals surface area (Å²) >= 11 is 0. The zero-order chi connectivity index (χ0) is 18.8. The van der Waals surface area contributed by atoms with Crippen LogP contribution in [0.2, 0.25) is 0 Å². The molecule has 0 spiro atoms. The minimum Gasteiger partial charge on any atom is -0.461 e. The summed E-state index contributed by atoms with van der Waals surface area (Å²) in [5, 5.41) is 4.00. The van der Waals surface area contributed by atoms with Gasteiger partial charge in [0.25, 0.3) is 5.91 Å². The van der Waals surface area contributed by atoms with Crippen molar-refractivity contribution in [2.45, 2.75) is 39.3 Å². The number of fused-ring (bicyclic) bond motifs is 1. The van der Waals surface area contributed by atoms with E-state index in [0.29, 0.717) is 31.6 Å². The lowest BCUT2D eigenvalue weighted by Crippen LogP contribution is -2.44. The van der Waals surface area contributed by atoms with Crippen LogP contribution in [-0.4, -0.2) is 60.4 Å². The van der Waals surface area contributed by atoms with Gasteiger partial charge in [-0.05, 0) is 58.5 Å². The maximum Gasteiger partial charge on any atom is 0.251 e. The highest BCUT2D eigenvalue weighted by Gasteiger charge is 2.36. The highest BCUT2D eigenvalue weighted by atomic mass is 16.3. The van der Waals surface area contributed by atoms with Crippen LogP contribution < -0.4 is 5.32 Å². The third kappa shape index (κ3) is 3.60. The molecular weight excluding hydrogens is 330 g/mol. The van der Waals surface area contributed by atoms with Gasteiger partial charge in [-0.25, -0.2) is 0 Å². The summed E-state index contributed by atoms with van der Waals surface area (Å²) in [7, 11) is 1.94. The van der Waals surface area contributed by atoms with Gasteiger partial charge < -0.3 is 14.6 Å². The molecule has 0 unspecified atom stereocenters. The number of hydrogen-bond acceptors (Lipinski definition) is 4. The second kappa shape index (κ2) is 7.50. The lowest BCUT2D eigenvalue weighted by molar-refractivity contribution is -0.135. The summed E-state index contributed by atoms with van der Waals surface area (Å²) in [5.74, 6) is 0.859. The van der Waals surface area contributed by atoms with Gasteiger partial charge in [0.2, 0.25) is 5.91 Å². The number of likely N-dealkylation sites (tertiary alicyclic amines) is 1. The maximum atomic E-state index is 12.6. The molecule has 6 heteroatoms. The quantitative estimate of drug-likeness (QED) is 0.892. The summed E-state index contributed by atoms with van der Waals surface area (Å²) in [5.41, 5.74) is 1.39. The largest absolute Gasteiger partial charge is 0.461 e. The topological polar surface area (TPSA) is 65.8 Å². The van der Waals surface area contributed by atoms with E-state index in [-0.39, 0.29) is 23.9 Å². The van der Waals surface area contributed by atoms with Crippen LogP contribution in [0.1, 0.15) is 36.4 Å². The molecule has 1 aromatic heterocycles. The van der Waals surface area contributed by atoms with E-state index in [1.54, 1.807) is 6.07 Å². The monoisotopic (exact) mass is 357 g/mol. The third-order valence-electron chi connectivity index (χ3n) is 5.15. The molecule has 1 aromatic carbocycles. The smallest absolute Gasteiger partial charge is 0.251 e. The summed E-state index contributed by atoms with van der Waals surface area (Å²) in [6.45, 7) is 7.96. The minimum atomic E-state index is -0.167. The Morgan fingerprint density at radius 3 is 2.69 bits per heavy atom. The van der Waals surface area contributed by atoms with Crippen molar-refractivity contribution in [2.24, 2.45) is 0 Å². The van der Waals surface area contributed by atoms with E-state index >= 15 is 0 Å². The number of hydrogen-bond donors (Lipinski definition) is 1. The number of likely N-dealkylation sites (N-methyl/N-ethyl adjacent to an activating group) is 2. The standard InChI is InChI=1S/C20H27N3O3/c1-5-23(6-2)20(25)17-11-16(12-22(17)4)21-19(24)14-7-8-18-15(10-14)9-13(3)26-18/h7-10,16-17H,5-6,11-12H2,1-4H3,(H,21,24)/t16-,17-/m0/s1. The second-order valence-electron chi connectivity index (χ2n) is 6.98. The summed E-state index contributed by atoms with van der Waals surface area (Å²) in [4.78, 5) is 29.1. The second-order valence-corrected chi connectivity index (χ2v) is 6.98. The Bertz CT molecular complexity index is 810. The molecule has 0 aliphatic carbocycles. The Morgan fingerprint density at radius 2 is 2.00 bits per heavy atom. The van der Waals surface area contributed by atoms with Gasteiger partial charge in [-0.3, -0.25) is 14.5 Å². The summed E-state index contributed by atoms with van der Waals surface area (Å²) in [6.07, 6.45) is 0.643. The van der Waals surface area contributed by atoms with Gasteiger partial charge in [0.1, 0.15) is 11.3 Å². The number of amides is 2. The Balaban J connectivity index is 1.66. The molecule has 1 aliphatic rings. The maximum absolute atomic E-state index is 12.6. The number of nitrogens with zero attached hydrogens (tertiary/aromatic N) is 2. The molecule has 1 aliphatic heterocycles. The van der Waals surface area contributed by atoms with Crippen molar-refractivity contribution in [1.82, 2.24) is 15.1 Å². The first-order valence-corrected chi connectivity index (χ1v) is 9.23. The van der Waals surface area contributed by atoms with Crippen LogP contribution in [0.5, 0.6) is 0 Å². The zero-order valence-electron chi connectivity index (χ0n) is 15.9. The molecule has 1 N–H and O–H groups in total. The molecule has 1 saturated heterocycles. The van der Waals surface area contributed by atoms with Crippen LogP contribution >= 0.6 is 0 Å². The van der Waals surface area contributed by atoms with Crippen molar-refractivity contribution in [3.8, 4) is 0 Å². The van der Waals surface area contributed by atoms with Gasteiger partial charge in [-0.15, -0.1) is 0 Å². The Morgan fingerprint density at radius 1 is 1.27 bits per heavy atom. The Hall–Kier alpha value is -2.34. The fraction of sp³-hybridized carbons (Fsp3) is 0.500. The number of nitrogens with one attached hydrogen (secondary N) is 1. The van der Waals surface area contributed by atoms with E-state index in [1.807, 2.05) is 55.8 Å². The fourth-order valence-electron chi connectivity index (χ4n) is 3.72. The van der Waals surface area contributed by atoms with Gasteiger partial charge in [0.05, 0.1) is 6.04 Å². The number of aryl methyl sites for hydroxylation is 1. The molecule has 2 aromatic rings. The Labute approximate surface area is 154 Å². The van der Waals surface area contributed by atoms with E-state index in [2.05, 4.69) is 5.32 Å². The van der Waals surface area contributed by atoms with Crippen LogP contribution in [-0.2, 0) is 4.79 Å². The SMILES string of the molecule is CCN(CC)C(=O)[C@@H]1C[C@H](NC(=O)c2ccc3oc(C)cc3c2)CN1C. The van der Waals surface area contributed by atoms with Crippen molar-refractivity contribution in [3.63, 3.8) is 0 Å². The number of benzene rings is 1. The van der Waals surface area contributed by atoms with Gasteiger partial charge in [0, 0.05) is 36.6 Å². The van der Waals surface area contributed by atoms with Crippen molar-refractivity contribution in [3.05, 3.63) is 35.6 Å². The van der Waals surface area contributed by atoms with Crippen LogP contribution in [0, 0.1) is 6.92 Å². The Kier molecular flexibility index (Phi) is 5.32. The van der Waals surface area contributed by atoms with Crippen molar-refractivity contribution in [2.75, 3.05) is 26.7 Å². The van der Waals surface area contributed by atoms with E-state index in [0.717, 1.165) is 16.7 Å². The highest BCUT2D eigenvalue weighted by molar-refractivity contribution is 5.98. The molecule has 0 radical (unpaired) electrons. The predicted octanol–water partition coefficient (Wildman–Crippen LogP) is 2.41. The molecule has 2 heterocycles. The van der Waals surface area contributed by atoms with E-state index in [9.17, 15) is 9.59 Å². The lowest BCUT2D eigenvalue weighted by atomic mass is 10.1. The van der Waals surface area contributed by atoms with Crippen LogP contribution in [0.3, 0.4) is 0 Å². The molecule has 6 nitrogen and oxygen atoms in total. The van der Waals surface area contributed by atoms with Crippen LogP contribution in [0.4, 0.5) is 0 Å². The average Bonchev–Trinajstić information content (AvgIpc) is 3.16. The van der Waals surface area contributed by atoms with Gasteiger partial charge in [-0.1, -0.05) is 0 Å². The molecular formula is C20H27N3O3. The fourth-order valence-corrected chi connectivity index (χ4v) is 3.72. The molecule has 140 valence electrons. The van der Waals surface area contributed by atoms with Crippen LogP contribution in [0.25, 0.3) is 11.0 Å². The highest BCUT2D eigenvalue weighted by Crippen LogP contribution is 2.22. The normalized spacial score (nSPS) is 20.5. The van der Waals surface area contributed by atoms with Crippen molar-refractivity contribution < 1.29 is 14.0 Å². The molecule has 0 bridgehead atoms. The van der Waals surface area contributed by atoms with Crippen molar-refractivity contribution >= 4 is 22.8 Å². The first-order chi connectivity index (χ1) is 12.4. The number of furan rings is 1. The van der Waals surface area contributed by atoms with Crippen LogP contribution in [0.15, 0.2) is 28.7 Å². The molecule has 26 heavy (non-hydrogen) atoms. The zero-order valence-corrected chi connectivity index (χ0v) is 15.9.